The second kappa shape index (κ2) is 10.8. The Hall–Kier alpha value is -2.37. The van der Waals surface area contributed by atoms with Crippen molar-refractivity contribution in [2.45, 2.75) is 59.0 Å². The summed E-state index contributed by atoms with van der Waals surface area (Å²) in [5.74, 6) is 2.34. The molecule has 0 saturated carbocycles. The highest BCUT2D eigenvalue weighted by Crippen LogP contribution is 2.21. The molecule has 28 heavy (non-hydrogen) atoms. The minimum atomic E-state index is -0.403. The van der Waals surface area contributed by atoms with Crippen molar-refractivity contribution < 1.29 is 19.0 Å². The largest absolute Gasteiger partial charge is 0.497 e. The van der Waals surface area contributed by atoms with Crippen LogP contribution in [0.3, 0.4) is 0 Å². The Balaban J connectivity index is 2.03. The van der Waals surface area contributed by atoms with Gasteiger partial charge >= 0.3 is 0 Å². The number of carbonyl (C=O) groups excluding carboxylic acids is 1. The molecule has 0 bridgehead atoms. The molecule has 0 fully saturated rings. The number of ether oxygens (including phenoxy) is 3. The minimum absolute atomic E-state index is 0.135. The van der Waals surface area contributed by atoms with E-state index in [1.165, 1.54) is 0 Å². The number of hydrogen-bond acceptors (Lipinski definition) is 6. The van der Waals surface area contributed by atoms with E-state index in [0.717, 1.165) is 11.3 Å². The Morgan fingerprint density at radius 2 is 1.68 bits per heavy atom. The van der Waals surface area contributed by atoms with Crippen LogP contribution in [0.15, 0.2) is 34.3 Å². The van der Waals surface area contributed by atoms with E-state index in [1.807, 2.05) is 38.1 Å². The second-order valence-corrected chi connectivity index (χ2v) is 7.10. The van der Waals surface area contributed by atoms with Crippen LogP contribution in [0.25, 0.3) is 0 Å². The van der Waals surface area contributed by atoms with Gasteiger partial charge in [0.25, 0.3) is 0 Å². The van der Waals surface area contributed by atoms with Crippen LogP contribution in [0, 0.1) is 5.92 Å². The van der Waals surface area contributed by atoms with E-state index in [1.54, 1.807) is 7.11 Å². The Bertz CT molecular complexity index is 695. The highest BCUT2D eigenvalue weighted by atomic mass is 16.5. The zero-order valence-electron chi connectivity index (χ0n) is 17.6. The Kier molecular flexibility index (Phi) is 8.48. The number of ketones is 1. The number of hydrogen-bond donors (Lipinski definition) is 0. The minimum Gasteiger partial charge on any atom is -0.497 e. The molecule has 0 aliphatic carbocycles. The van der Waals surface area contributed by atoms with Crippen molar-refractivity contribution >= 4 is 17.6 Å². The molecule has 6 heteroatoms. The highest BCUT2D eigenvalue weighted by Gasteiger charge is 2.32. The van der Waals surface area contributed by atoms with Gasteiger partial charge in [0.1, 0.15) is 23.6 Å². The number of nitrogens with zero attached hydrogens (tertiary/aromatic N) is 2. The molecule has 0 amide bonds. The molecule has 6 nitrogen and oxygen atoms in total. The third-order valence-electron chi connectivity index (χ3n) is 4.58. The summed E-state index contributed by atoms with van der Waals surface area (Å²) in [6.45, 7) is 9.02. The number of aryl methyl sites for hydroxylation is 1. The van der Waals surface area contributed by atoms with E-state index in [9.17, 15) is 4.79 Å². The van der Waals surface area contributed by atoms with Gasteiger partial charge in [0.05, 0.1) is 20.3 Å². The molecule has 1 aromatic carbocycles. The van der Waals surface area contributed by atoms with Gasteiger partial charge in [-0.2, -0.15) is 0 Å². The van der Waals surface area contributed by atoms with Crippen LogP contribution in [0.2, 0.25) is 0 Å². The Morgan fingerprint density at radius 1 is 1.04 bits per heavy atom. The third-order valence-corrected chi connectivity index (χ3v) is 4.58. The van der Waals surface area contributed by atoms with Crippen LogP contribution in [0.4, 0.5) is 0 Å². The fourth-order valence-electron chi connectivity index (χ4n) is 3.08. The number of aliphatic imine (C=N–C) groups is 2. The molecule has 2 rings (SSSR count). The maximum Gasteiger partial charge on any atom is 0.210 e. The molecule has 2 atom stereocenters. The van der Waals surface area contributed by atoms with Crippen LogP contribution in [0.5, 0.6) is 5.75 Å². The average Bonchev–Trinajstić information content (AvgIpc) is 2.68. The van der Waals surface area contributed by atoms with Crippen LogP contribution < -0.4 is 4.74 Å². The first-order chi connectivity index (χ1) is 13.5. The third kappa shape index (κ3) is 6.08. The standard InChI is InChI=1S/C22H32N2O4/c1-6-27-21-19(23-22(28-7-2)20(24-21)15(3)4)14-17(25)11-8-16-9-12-18(26-5)13-10-16/h9-10,12-13,15,19-20H,6-8,11,14H2,1-5H3. The monoisotopic (exact) mass is 388 g/mol. The van der Waals surface area contributed by atoms with Crippen LogP contribution in [-0.2, 0) is 20.7 Å². The summed E-state index contributed by atoms with van der Waals surface area (Å²) in [7, 11) is 1.64. The van der Waals surface area contributed by atoms with Crippen LogP contribution >= 0.6 is 0 Å². The lowest BCUT2D eigenvalue weighted by Crippen LogP contribution is -2.39. The molecule has 1 aliphatic rings. The maximum atomic E-state index is 12.6. The van der Waals surface area contributed by atoms with Crippen molar-refractivity contribution in [1.29, 1.82) is 0 Å². The van der Waals surface area contributed by atoms with Gasteiger partial charge in [-0.3, -0.25) is 4.79 Å². The summed E-state index contributed by atoms with van der Waals surface area (Å²) in [6.07, 6.45) is 1.42. The normalized spacial score (nSPS) is 19.1. The van der Waals surface area contributed by atoms with Crippen molar-refractivity contribution in [3.8, 4) is 5.75 Å². The van der Waals surface area contributed by atoms with Gasteiger partial charge in [-0.15, -0.1) is 0 Å². The Morgan fingerprint density at radius 3 is 2.25 bits per heavy atom. The molecule has 154 valence electrons. The van der Waals surface area contributed by atoms with E-state index < -0.39 is 6.04 Å². The van der Waals surface area contributed by atoms with Gasteiger partial charge < -0.3 is 14.2 Å². The molecule has 1 aliphatic heterocycles. The van der Waals surface area contributed by atoms with Crippen LogP contribution in [-0.4, -0.2) is 50.0 Å². The van der Waals surface area contributed by atoms with Crippen molar-refractivity contribution in [3.05, 3.63) is 29.8 Å². The Labute approximate surface area is 168 Å². The molecular weight excluding hydrogens is 356 g/mol. The predicted octanol–water partition coefficient (Wildman–Crippen LogP) is 3.86. The van der Waals surface area contributed by atoms with E-state index in [-0.39, 0.29) is 24.2 Å². The number of benzene rings is 1. The first-order valence-electron chi connectivity index (χ1n) is 10.0. The predicted molar refractivity (Wildman–Crippen MR) is 111 cm³/mol. The first kappa shape index (κ1) is 21.9. The molecule has 0 aromatic heterocycles. The fourth-order valence-corrected chi connectivity index (χ4v) is 3.08. The summed E-state index contributed by atoms with van der Waals surface area (Å²) in [4.78, 5) is 22.0. The number of methoxy groups -OCH3 is 1. The smallest absolute Gasteiger partial charge is 0.210 e. The summed E-state index contributed by atoms with van der Waals surface area (Å²) < 4.78 is 16.6. The van der Waals surface area contributed by atoms with Gasteiger partial charge in [-0.1, -0.05) is 26.0 Å². The van der Waals surface area contributed by atoms with Gasteiger partial charge in [0.15, 0.2) is 0 Å². The summed E-state index contributed by atoms with van der Waals surface area (Å²) in [6, 6.07) is 7.22. The van der Waals surface area contributed by atoms with Gasteiger partial charge in [-0.25, -0.2) is 9.98 Å². The van der Waals surface area contributed by atoms with Crippen molar-refractivity contribution in [2.24, 2.45) is 15.9 Å². The molecule has 0 radical (unpaired) electrons. The topological polar surface area (TPSA) is 69.5 Å². The molecule has 2 unspecified atom stereocenters. The summed E-state index contributed by atoms with van der Waals surface area (Å²) >= 11 is 0. The van der Waals surface area contributed by atoms with Crippen molar-refractivity contribution in [1.82, 2.24) is 0 Å². The van der Waals surface area contributed by atoms with E-state index in [0.29, 0.717) is 37.9 Å². The number of carbonyl (C=O) groups is 1. The maximum absolute atomic E-state index is 12.6. The second-order valence-electron chi connectivity index (χ2n) is 7.10. The molecule has 0 saturated heterocycles. The molecular formula is C22H32N2O4. The number of Topliss-reactive ketones (excluding diaryl/α,β-unsaturated/α-hetero) is 1. The quantitative estimate of drug-likeness (QED) is 0.644. The highest BCUT2D eigenvalue weighted by molar-refractivity contribution is 5.96. The van der Waals surface area contributed by atoms with E-state index in [4.69, 9.17) is 24.2 Å². The van der Waals surface area contributed by atoms with Crippen LogP contribution in [0.1, 0.15) is 46.1 Å². The zero-order valence-corrected chi connectivity index (χ0v) is 17.6. The molecule has 0 N–H and O–H groups in total. The van der Waals surface area contributed by atoms with Crippen molar-refractivity contribution in [3.63, 3.8) is 0 Å². The zero-order chi connectivity index (χ0) is 20.5. The molecule has 0 spiro atoms. The average molecular weight is 389 g/mol. The lowest BCUT2D eigenvalue weighted by Gasteiger charge is -2.28. The summed E-state index contributed by atoms with van der Waals surface area (Å²) in [5.41, 5.74) is 1.11. The van der Waals surface area contributed by atoms with Gasteiger partial charge in [0, 0.05) is 12.8 Å². The molecule has 1 aromatic rings. The molecule has 1 heterocycles. The lowest BCUT2D eigenvalue weighted by atomic mass is 9.99. The first-order valence-corrected chi connectivity index (χ1v) is 10.0. The number of rotatable bonds is 9. The lowest BCUT2D eigenvalue weighted by molar-refractivity contribution is -0.119. The summed E-state index contributed by atoms with van der Waals surface area (Å²) in [5, 5.41) is 0. The van der Waals surface area contributed by atoms with Crippen molar-refractivity contribution in [2.75, 3.05) is 20.3 Å². The van der Waals surface area contributed by atoms with Gasteiger partial charge in [-0.05, 0) is 43.9 Å². The van der Waals surface area contributed by atoms with E-state index in [2.05, 4.69) is 13.8 Å². The fraction of sp³-hybridized carbons (Fsp3) is 0.591. The SMILES string of the molecule is CCOC1=NC(C(C)C)C(OCC)=NC1CC(=O)CCc1ccc(OC)cc1. The van der Waals surface area contributed by atoms with Gasteiger partial charge in [0.2, 0.25) is 11.8 Å². The van der Waals surface area contributed by atoms with E-state index >= 15 is 0 Å².